The second kappa shape index (κ2) is 7.03. The summed E-state index contributed by atoms with van der Waals surface area (Å²) in [6, 6.07) is 0. The maximum Gasteiger partial charge on any atom is 0.305 e. The van der Waals surface area contributed by atoms with Crippen LogP contribution in [0, 0.1) is 0 Å². The minimum Gasteiger partial charge on any atom is -0.481 e. The van der Waals surface area contributed by atoms with E-state index in [1.807, 2.05) is 4.90 Å². The van der Waals surface area contributed by atoms with Gasteiger partial charge in [0.15, 0.2) is 0 Å². The molecule has 0 saturated carbocycles. The molecule has 8 heteroatoms. The number of aliphatic carboxylic acids is 1. The number of piperidine rings is 1. The zero-order valence-corrected chi connectivity index (χ0v) is 11.1. The normalized spacial score (nSPS) is 18.9. The van der Waals surface area contributed by atoms with Gasteiger partial charge in [0.1, 0.15) is 0 Å². The Morgan fingerprint density at radius 1 is 1.39 bits per heavy atom. The maximum absolute atomic E-state index is 10.8. The Morgan fingerprint density at radius 3 is 2.50 bits per heavy atom. The SMILES string of the molecule is NS(=O)(=O)CCN1CCC(OCCC(=O)O)CC1. The first-order chi connectivity index (χ1) is 8.37. The van der Waals surface area contributed by atoms with Crippen LogP contribution >= 0.6 is 0 Å². The van der Waals surface area contributed by atoms with Crippen molar-refractivity contribution in [3.05, 3.63) is 0 Å². The molecule has 0 aliphatic carbocycles. The maximum atomic E-state index is 10.8. The molecule has 0 amide bonds. The molecular formula is C10H20N2O5S. The van der Waals surface area contributed by atoms with Crippen molar-refractivity contribution in [2.75, 3.05) is 32.0 Å². The molecule has 0 radical (unpaired) electrons. The predicted molar refractivity (Wildman–Crippen MR) is 65.6 cm³/mol. The topological polar surface area (TPSA) is 110 Å². The van der Waals surface area contributed by atoms with E-state index < -0.39 is 16.0 Å². The van der Waals surface area contributed by atoms with Crippen LogP contribution in [0.5, 0.6) is 0 Å². The first-order valence-electron chi connectivity index (χ1n) is 5.93. The van der Waals surface area contributed by atoms with Crippen LogP contribution in [0.1, 0.15) is 19.3 Å². The summed E-state index contributed by atoms with van der Waals surface area (Å²) in [7, 11) is -3.40. The van der Waals surface area contributed by atoms with Gasteiger partial charge < -0.3 is 14.7 Å². The van der Waals surface area contributed by atoms with Crippen molar-refractivity contribution >= 4 is 16.0 Å². The van der Waals surface area contributed by atoms with Gasteiger partial charge in [-0.25, -0.2) is 13.6 Å². The molecule has 1 rings (SSSR count). The third-order valence-electron chi connectivity index (χ3n) is 2.90. The Hall–Kier alpha value is -0.700. The fourth-order valence-corrected chi connectivity index (χ4v) is 2.38. The number of carboxylic acids is 1. The lowest BCUT2D eigenvalue weighted by Gasteiger charge is -2.31. The number of likely N-dealkylation sites (tertiary alicyclic amines) is 1. The van der Waals surface area contributed by atoms with Gasteiger partial charge in [-0.05, 0) is 12.8 Å². The Morgan fingerprint density at radius 2 is 2.00 bits per heavy atom. The highest BCUT2D eigenvalue weighted by atomic mass is 32.2. The van der Waals surface area contributed by atoms with Crippen LogP contribution in [0.2, 0.25) is 0 Å². The van der Waals surface area contributed by atoms with Gasteiger partial charge in [0.2, 0.25) is 10.0 Å². The van der Waals surface area contributed by atoms with Gasteiger partial charge in [-0.1, -0.05) is 0 Å². The second-order valence-electron chi connectivity index (χ2n) is 4.42. The van der Waals surface area contributed by atoms with Crippen LogP contribution in [0.4, 0.5) is 0 Å². The second-order valence-corrected chi connectivity index (χ2v) is 6.16. The van der Waals surface area contributed by atoms with E-state index in [1.54, 1.807) is 0 Å². The predicted octanol–water partition coefficient (Wildman–Crippen LogP) is -0.769. The first-order valence-corrected chi connectivity index (χ1v) is 7.64. The van der Waals surface area contributed by atoms with Crippen LogP contribution in [-0.4, -0.2) is 62.5 Å². The first kappa shape index (κ1) is 15.4. The van der Waals surface area contributed by atoms with E-state index in [2.05, 4.69) is 0 Å². The zero-order valence-electron chi connectivity index (χ0n) is 10.2. The molecule has 1 aliphatic heterocycles. The number of ether oxygens (including phenoxy) is 1. The average molecular weight is 280 g/mol. The average Bonchev–Trinajstić information content (AvgIpc) is 2.26. The minimum absolute atomic E-state index is 0.0195. The number of nitrogens with zero attached hydrogens (tertiary/aromatic N) is 1. The van der Waals surface area contributed by atoms with Gasteiger partial charge in [-0.3, -0.25) is 4.79 Å². The summed E-state index contributed by atoms with van der Waals surface area (Å²) in [5.41, 5.74) is 0. The number of nitrogens with two attached hydrogens (primary N) is 1. The fourth-order valence-electron chi connectivity index (χ4n) is 1.87. The smallest absolute Gasteiger partial charge is 0.305 e. The third-order valence-corrected chi connectivity index (χ3v) is 3.65. The molecule has 106 valence electrons. The summed E-state index contributed by atoms with van der Waals surface area (Å²) < 4.78 is 27.1. The highest BCUT2D eigenvalue weighted by Gasteiger charge is 2.20. The van der Waals surface area contributed by atoms with Crippen molar-refractivity contribution in [1.29, 1.82) is 0 Å². The molecule has 3 N–H and O–H groups in total. The number of hydrogen-bond acceptors (Lipinski definition) is 5. The summed E-state index contributed by atoms with van der Waals surface area (Å²) in [6.07, 6.45) is 1.69. The van der Waals surface area contributed by atoms with Crippen LogP contribution < -0.4 is 5.14 Å². The van der Waals surface area contributed by atoms with Gasteiger partial charge in [-0.2, -0.15) is 0 Å². The van der Waals surface area contributed by atoms with Gasteiger partial charge >= 0.3 is 5.97 Å². The standard InChI is InChI=1S/C10H20N2O5S/c11-18(15,16)8-6-12-4-1-9(2-5-12)17-7-3-10(13)14/h9H,1-8H2,(H,13,14)(H2,11,15,16). The fraction of sp³-hybridized carbons (Fsp3) is 0.900. The van der Waals surface area contributed by atoms with Gasteiger partial charge in [0.25, 0.3) is 0 Å². The number of primary sulfonamides is 1. The molecule has 0 unspecified atom stereocenters. The van der Waals surface area contributed by atoms with Gasteiger partial charge in [0, 0.05) is 19.6 Å². The van der Waals surface area contributed by atoms with Crippen LogP contribution in [0.3, 0.4) is 0 Å². The van der Waals surface area contributed by atoms with Gasteiger partial charge in [0.05, 0.1) is 24.9 Å². The van der Waals surface area contributed by atoms with E-state index in [9.17, 15) is 13.2 Å². The monoisotopic (exact) mass is 280 g/mol. The molecule has 1 heterocycles. The molecule has 1 aliphatic rings. The van der Waals surface area contributed by atoms with Crippen LogP contribution in [0.15, 0.2) is 0 Å². The van der Waals surface area contributed by atoms with Crippen molar-refractivity contribution in [2.24, 2.45) is 5.14 Å². The lowest BCUT2D eigenvalue weighted by molar-refractivity contribution is -0.138. The van der Waals surface area contributed by atoms with Crippen molar-refractivity contribution in [2.45, 2.75) is 25.4 Å². The summed E-state index contributed by atoms with van der Waals surface area (Å²) in [6.45, 7) is 2.19. The summed E-state index contributed by atoms with van der Waals surface area (Å²) in [5.74, 6) is -0.891. The summed E-state index contributed by atoms with van der Waals surface area (Å²) in [5, 5.41) is 13.4. The molecule has 1 saturated heterocycles. The highest BCUT2D eigenvalue weighted by molar-refractivity contribution is 7.89. The molecule has 0 aromatic heterocycles. The highest BCUT2D eigenvalue weighted by Crippen LogP contribution is 2.13. The van der Waals surface area contributed by atoms with E-state index in [4.69, 9.17) is 15.0 Å². The molecule has 0 spiro atoms. The zero-order chi connectivity index (χ0) is 13.6. The van der Waals surface area contributed by atoms with E-state index in [-0.39, 0.29) is 24.9 Å². The van der Waals surface area contributed by atoms with E-state index >= 15 is 0 Å². The van der Waals surface area contributed by atoms with Crippen molar-refractivity contribution in [3.8, 4) is 0 Å². The lowest BCUT2D eigenvalue weighted by atomic mass is 10.1. The van der Waals surface area contributed by atoms with E-state index in [1.165, 1.54) is 0 Å². The largest absolute Gasteiger partial charge is 0.481 e. The Bertz CT molecular complexity index is 362. The minimum atomic E-state index is -3.40. The molecule has 0 bridgehead atoms. The van der Waals surface area contributed by atoms with Crippen LogP contribution in [-0.2, 0) is 19.6 Å². The number of hydrogen-bond donors (Lipinski definition) is 2. The van der Waals surface area contributed by atoms with Crippen LogP contribution in [0.25, 0.3) is 0 Å². The number of carboxylic acid groups (broad SMARTS) is 1. The Balaban J connectivity index is 2.14. The number of rotatable bonds is 7. The quantitative estimate of drug-likeness (QED) is 0.633. The van der Waals surface area contributed by atoms with Crippen molar-refractivity contribution in [3.63, 3.8) is 0 Å². The Kier molecular flexibility index (Phi) is 6.00. The lowest BCUT2D eigenvalue weighted by Crippen LogP contribution is -2.40. The Labute approximate surface area is 107 Å². The molecular weight excluding hydrogens is 260 g/mol. The third kappa shape index (κ3) is 6.90. The van der Waals surface area contributed by atoms with Crippen molar-refractivity contribution < 1.29 is 23.1 Å². The van der Waals surface area contributed by atoms with Crippen molar-refractivity contribution in [1.82, 2.24) is 4.90 Å². The molecule has 1 fully saturated rings. The molecule has 7 nitrogen and oxygen atoms in total. The molecule has 18 heavy (non-hydrogen) atoms. The molecule has 0 aromatic carbocycles. The summed E-state index contributed by atoms with van der Waals surface area (Å²) >= 11 is 0. The molecule has 0 aromatic rings. The summed E-state index contributed by atoms with van der Waals surface area (Å²) in [4.78, 5) is 12.3. The van der Waals surface area contributed by atoms with E-state index in [0.29, 0.717) is 6.54 Å². The number of sulfonamides is 1. The molecule has 0 atom stereocenters. The number of carbonyl (C=O) groups is 1. The van der Waals surface area contributed by atoms with Gasteiger partial charge in [-0.15, -0.1) is 0 Å². The van der Waals surface area contributed by atoms with E-state index in [0.717, 1.165) is 25.9 Å².